The van der Waals surface area contributed by atoms with E-state index in [0.29, 0.717) is 28.2 Å². The zero-order valence-corrected chi connectivity index (χ0v) is 14.8. The van der Waals surface area contributed by atoms with E-state index in [-0.39, 0.29) is 12.5 Å². The van der Waals surface area contributed by atoms with Crippen LogP contribution in [-0.2, 0) is 6.54 Å². The number of methoxy groups -OCH3 is 2. The first-order valence-electron chi connectivity index (χ1n) is 8.06. The van der Waals surface area contributed by atoms with Gasteiger partial charge >= 0.3 is 5.63 Å². The number of amides is 1. The van der Waals surface area contributed by atoms with Gasteiger partial charge < -0.3 is 19.2 Å². The molecule has 1 N–H and O–H groups in total. The van der Waals surface area contributed by atoms with Gasteiger partial charge in [-0.05, 0) is 36.2 Å². The number of hydrogen-bond donors (Lipinski definition) is 1. The Hall–Kier alpha value is -3.28. The Bertz CT molecular complexity index is 1000. The number of carbonyl (C=O) groups is 1. The van der Waals surface area contributed by atoms with Gasteiger partial charge in [0.15, 0.2) is 0 Å². The Balaban J connectivity index is 1.92. The molecule has 0 spiro atoms. The molecular formula is C20H19NO5. The summed E-state index contributed by atoms with van der Waals surface area (Å²) < 4.78 is 15.8. The molecule has 0 aliphatic carbocycles. The Labute approximate surface area is 150 Å². The number of benzene rings is 2. The molecule has 1 aromatic heterocycles. The van der Waals surface area contributed by atoms with E-state index in [9.17, 15) is 9.59 Å². The number of aryl methyl sites for hydroxylation is 1. The van der Waals surface area contributed by atoms with Crippen molar-refractivity contribution in [1.29, 1.82) is 0 Å². The maximum atomic E-state index is 12.7. The van der Waals surface area contributed by atoms with Crippen molar-refractivity contribution < 1.29 is 18.7 Å². The lowest BCUT2D eigenvalue weighted by Crippen LogP contribution is -2.24. The van der Waals surface area contributed by atoms with Crippen LogP contribution in [0.4, 0.5) is 0 Å². The summed E-state index contributed by atoms with van der Waals surface area (Å²) in [6.07, 6.45) is 0. The van der Waals surface area contributed by atoms with E-state index in [1.165, 1.54) is 20.3 Å². The van der Waals surface area contributed by atoms with Crippen molar-refractivity contribution in [2.24, 2.45) is 0 Å². The molecule has 6 nitrogen and oxygen atoms in total. The van der Waals surface area contributed by atoms with Crippen molar-refractivity contribution >= 4 is 16.9 Å². The first kappa shape index (κ1) is 17.5. The number of rotatable bonds is 5. The van der Waals surface area contributed by atoms with Crippen LogP contribution in [0.25, 0.3) is 11.0 Å². The zero-order valence-electron chi connectivity index (χ0n) is 14.8. The van der Waals surface area contributed by atoms with Crippen LogP contribution in [0.1, 0.15) is 21.5 Å². The van der Waals surface area contributed by atoms with Gasteiger partial charge in [0.1, 0.15) is 22.6 Å². The minimum Gasteiger partial charge on any atom is -0.496 e. The maximum Gasteiger partial charge on any atom is 0.336 e. The molecule has 2 aromatic carbocycles. The van der Waals surface area contributed by atoms with Crippen molar-refractivity contribution in [3.8, 4) is 11.5 Å². The van der Waals surface area contributed by atoms with E-state index in [4.69, 9.17) is 13.9 Å². The lowest BCUT2D eigenvalue weighted by Gasteiger charge is -2.13. The van der Waals surface area contributed by atoms with Gasteiger partial charge in [0.25, 0.3) is 5.91 Å². The molecule has 0 fully saturated rings. The number of fused-ring (bicyclic) bond motifs is 1. The van der Waals surface area contributed by atoms with Crippen LogP contribution >= 0.6 is 0 Å². The highest BCUT2D eigenvalue weighted by molar-refractivity contribution is 5.99. The number of ether oxygens (including phenoxy) is 2. The highest BCUT2D eigenvalue weighted by Gasteiger charge is 2.18. The average Bonchev–Trinajstić information content (AvgIpc) is 2.64. The second-order valence-electron chi connectivity index (χ2n) is 5.81. The van der Waals surface area contributed by atoms with Crippen LogP contribution < -0.4 is 20.4 Å². The molecule has 0 unspecified atom stereocenters. The smallest absolute Gasteiger partial charge is 0.336 e. The fourth-order valence-electron chi connectivity index (χ4n) is 2.82. The Morgan fingerprint density at radius 3 is 2.42 bits per heavy atom. The number of nitrogens with one attached hydrogen (secondary N) is 1. The molecule has 6 heteroatoms. The molecular weight excluding hydrogens is 334 g/mol. The summed E-state index contributed by atoms with van der Waals surface area (Å²) >= 11 is 0. The minimum absolute atomic E-state index is 0.172. The largest absolute Gasteiger partial charge is 0.496 e. The quantitative estimate of drug-likeness (QED) is 0.714. The molecule has 0 atom stereocenters. The summed E-state index contributed by atoms with van der Waals surface area (Å²) in [5, 5.41) is 3.60. The van der Waals surface area contributed by atoms with Crippen molar-refractivity contribution in [2.45, 2.75) is 13.5 Å². The SMILES string of the molecule is COc1cccc(OC)c1C(=O)NCc1cc(=O)oc2cc(C)ccc12. The predicted octanol–water partition coefficient (Wildman–Crippen LogP) is 3.05. The van der Waals surface area contributed by atoms with Gasteiger partial charge in [-0.25, -0.2) is 4.79 Å². The first-order chi connectivity index (χ1) is 12.5. The van der Waals surface area contributed by atoms with E-state index in [2.05, 4.69) is 5.32 Å². The van der Waals surface area contributed by atoms with Crippen LogP contribution in [0.15, 0.2) is 51.7 Å². The molecule has 0 aliphatic rings. The van der Waals surface area contributed by atoms with Gasteiger partial charge in [-0.1, -0.05) is 18.2 Å². The lowest BCUT2D eigenvalue weighted by atomic mass is 10.1. The van der Waals surface area contributed by atoms with Crippen LogP contribution in [0.3, 0.4) is 0 Å². The Morgan fingerprint density at radius 2 is 1.77 bits per heavy atom. The second-order valence-corrected chi connectivity index (χ2v) is 5.81. The summed E-state index contributed by atoms with van der Waals surface area (Å²) in [4.78, 5) is 24.5. The molecule has 0 saturated heterocycles. The van der Waals surface area contributed by atoms with E-state index >= 15 is 0 Å². The van der Waals surface area contributed by atoms with E-state index < -0.39 is 5.63 Å². The molecule has 0 bridgehead atoms. The van der Waals surface area contributed by atoms with Crippen molar-refractivity contribution in [3.63, 3.8) is 0 Å². The van der Waals surface area contributed by atoms with Gasteiger partial charge in [-0.2, -0.15) is 0 Å². The predicted molar refractivity (Wildman–Crippen MR) is 97.9 cm³/mol. The van der Waals surface area contributed by atoms with Crippen LogP contribution in [0.2, 0.25) is 0 Å². The van der Waals surface area contributed by atoms with Gasteiger partial charge in [-0.15, -0.1) is 0 Å². The van der Waals surface area contributed by atoms with Crippen LogP contribution in [0, 0.1) is 6.92 Å². The van der Waals surface area contributed by atoms with E-state index in [0.717, 1.165) is 10.9 Å². The van der Waals surface area contributed by atoms with Crippen LogP contribution in [-0.4, -0.2) is 20.1 Å². The first-order valence-corrected chi connectivity index (χ1v) is 8.06. The second kappa shape index (κ2) is 7.31. The topological polar surface area (TPSA) is 77.8 Å². The van der Waals surface area contributed by atoms with Gasteiger partial charge in [-0.3, -0.25) is 4.79 Å². The Morgan fingerprint density at radius 1 is 1.08 bits per heavy atom. The van der Waals surface area contributed by atoms with Gasteiger partial charge in [0.05, 0.1) is 14.2 Å². The molecule has 3 aromatic rings. The molecule has 134 valence electrons. The fourth-order valence-corrected chi connectivity index (χ4v) is 2.82. The number of carbonyl (C=O) groups excluding carboxylic acids is 1. The molecule has 0 radical (unpaired) electrons. The summed E-state index contributed by atoms with van der Waals surface area (Å²) in [5.74, 6) is 0.470. The lowest BCUT2D eigenvalue weighted by molar-refractivity contribution is 0.0944. The third kappa shape index (κ3) is 3.39. The van der Waals surface area contributed by atoms with E-state index in [1.807, 2.05) is 19.1 Å². The number of hydrogen-bond acceptors (Lipinski definition) is 5. The maximum absolute atomic E-state index is 12.7. The third-order valence-corrected chi connectivity index (χ3v) is 4.08. The Kier molecular flexibility index (Phi) is 4.93. The van der Waals surface area contributed by atoms with E-state index in [1.54, 1.807) is 24.3 Å². The standard InChI is InChI=1S/C20H19NO5/c1-12-7-8-14-13(10-18(22)26-17(14)9-12)11-21-20(23)19-15(24-2)5-4-6-16(19)25-3/h4-10H,11H2,1-3H3,(H,21,23). The van der Waals surface area contributed by atoms with Crippen molar-refractivity contribution in [2.75, 3.05) is 14.2 Å². The molecule has 1 amide bonds. The molecule has 0 aliphatic heterocycles. The fraction of sp³-hybridized carbons (Fsp3) is 0.200. The monoisotopic (exact) mass is 353 g/mol. The summed E-state index contributed by atoms with van der Waals surface area (Å²) in [5.41, 5.74) is 2.01. The summed E-state index contributed by atoms with van der Waals surface area (Å²) in [6.45, 7) is 2.09. The average molecular weight is 353 g/mol. The summed E-state index contributed by atoms with van der Waals surface area (Å²) in [7, 11) is 2.98. The molecule has 26 heavy (non-hydrogen) atoms. The van der Waals surface area contributed by atoms with Crippen molar-refractivity contribution in [1.82, 2.24) is 5.32 Å². The third-order valence-electron chi connectivity index (χ3n) is 4.08. The highest BCUT2D eigenvalue weighted by Crippen LogP contribution is 2.28. The molecule has 0 saturated carbocycles. The van der Waals surface area contributed by atoms with Gasteiger partial charge in [0, 0.05) is 18.0 Å². The van der Waals surface area contributed by atoms with Gasteiger partial charge in [0.2, 0.25) is 0 Å². The van der Waals surface area contributed by atoms with Crippen LogP contribution in [0.5, 0.6) is 11.5 Å². The molecule has 1 heterocycles. The zero-order chi connectivity index (χ0) is 18.7. The van der Waals surface area contributed by atoms with Crippen molar-refractivity contribution in [3.05, 3.63) is 69.6 Å². The highest BCUT2D eigenvalue weighted by atomic mass is 16.5. The minimum atomic E-state index is -0.456. The normalized spacial score (nSPS) is 10.6. The summed E-state index contributed by atoms with van der Waals surface area (Å²) in [6, 6.07) is 12.1. The molecule has 3 rings (SSSR count).